The van der Waals surface area contributed by atoms with Crippen molar-refractivity contribution in [3.05, 3.63) is 59.2 Å². The van der Waals surface area contributed by atoms with Gasteiger partial charge in [0.15, 0.2) is 17.3 Å². The van der Waals surface area contributed by atoms with Gasteiger partial charge in [0.05, 0.1) is 12.1 Å². The van der Waals surface area contributed by atoms with Gasteiger partial charge >= 0.3 is 5.97 Å². The minimum absolute atomic E-state index is 0.0851. The van der Waals surface area contributed by atoms with E-state index in [1.165, 1.54) is 18.1 Å². The molecule has 0 aromatic heterocycles. The minimum Gasteiger partial charge on any atom is -0.483 e. The summed E-state index contributed by atoms with van der Waals surface area (Å²) in [4.78, 5) is 43.6. The van der Waals surface area contributed by atoms with Gasteiger partial charge in [-0.3, -0.25) is 19.3 Å². The predicted octanol–water partition coefficient (Wildman–Crippen LogP) is 5.33. The molecule has 2 unspecified atom stereocenters. The lowest BCUT2D eigenvalue weighted by atomic mass is 9.51. The van der Waals surface area contributed by atoms with Crippen LogP contribution in [0.3, 0.4) is 0 Å². The van der Waals surface area contributed by atoms with Gasteiger partial charge in [0.1, 0.15) is 6.10 Å². The highest BCUT2D eigenvalue weighted by molar-refractivity contribution is 5.96. The fraction of sp³-hybridized carbons (Fsp3) is 0.605. The number of rotatable bonds is 12. The number of unbranched alkanes of at least 4 members (excludes halogenated alkanes) is 1. The summed E-state index contributed by atoms with van der Waals surface area (Å²) in [6.45, 7) is 8.27. The largest absolute Gasteiger partial charge is 0.483 e. The Morgan fingerprint density at radius 2 is 1.85 bits per heavy atom. The number of aliphatic hydroxyl groups excluding tert-OH is 1. The SMILES string of the molecule is CC(=O)Oc1ccc2c3c1O[C@H]1[C@@H](N(CC(C)C)C(=O)CCCCC(=O)c4ccccc4)CC[C@H]4[C@@H](C2)N(CC2CC2O)CC[C@@]341. The van der Waals surface area contributed by atoms with E-state index < -0.39 is 0 Å². The smallest absolute Gasteiger partial charge is 0.308 e. The van der Waals surface area contributed by atoms with Crippen molar-refractivity contribution in [2.75, 3.05) is 19.6 Å². The lowest BCUT2D eigenvalue weighted by molar-refractivity contribution is -0.143. The minimum atomic E-state index is -0.367. The molecule has 7 rings (SSSR count). The predicted molar refractivity (Wildman–Crippen MR) is 174 cm³/mol. The van der Waals surface area contributed by atoms with Gasteiger partial charge in [0.2, 0.25) is 5.91 Å². The Morgan fingerprint density at radius 1 is 1.09 bits per heavy atom. The summed E-state index contributed by atoms with van der Waals surface area (Å²) >= 11 is 0. The number of hydrogen-bond donors (Lipinski definition) is 1. The van der Waals surface area contributed by atoms with Crippen LogP contribution in [0, 0.1) is 17.8 Å². The van der Waals surface area contributed by atoms with Crippen molar-refractivity contribution in [3.8, 4) is 11.5 Å². The number of ketones is 1. The summed E-state index contributed by atoms with van der Waals surface area (Å²) in [5.74, 6) is 2.11. The molecule has 8 nitrogen and oxygen atoms in total. The molecule has 2 heterocycles. The molecule has 2 bridgehead atoms. The summed E-state index contributed by atoms with van der Waals surface area (Å²) in [6.07, 6.45) is 6.43. The molecular weight excluding hydrogens is 580 g/mol. The molecule has 1 N–H and O–H groups in total. The molecule has 3 aliphatic carbocycles. The van der Waals surface area contributed by atoms with Crippen molar-refractivity contribution in [3.63, 3.8) is 0 Å². The second-order valence-electron chi connectivity index (χ2n) is 14.9. The molecule has 1 amide bonds. The maximum atomic E-state index is 14.1. The van der Waals surface area contributed by atoms with Gasteiger partial charge in [-0.25, -0.2) is 0 Å². The Hall–Kier alpha value is -3.23. The molecule has 2 aromatic carbocycles. The number of carbonyl (C=O) groups excluding carboxylic acids is 3. The molecule has 2 saturated carbocycles. The number of amides is 1. The average Bonchev–Trinajstić information content (AvgIpc) is 3.61. The van der Waals surface area contributed by atoms with E-state index in [1.807, 2.05) is 36.4 Å². The maximum absolute atomic E-state index is 14.1. The van der Waals surface area contributed by atoms with Crippen LogP contribution in [-0.2, 0) is 21.4 Å². The highest BCUT2D eigenvalue weighted by atomic mass is 16.6. The number of carbonyl (C=O) groups is 3. The second kappa shape index (κ2) is 12.4. The van der Waals surface area contributed by atoms with Crippen molar-refractivity contribution in [2.45, 2.75) is 108 Å². The number of benzene rings is 2. The third-order valence-corrected chi connectivity index (χ3v) is 11.4. The molecule has 8 heteroatoms. The highest BCUT2D eigenvalue weighted by Crippen LogP contribution is 2.64. The fourth-order valence-corrected chi connectivity index (χ4v) is 9.39. The van der Waals surface area contributed by atoms with E-state index in [-0.39, 0.29) is 41.3 Å². The van der Waals surface area contributed by atoms with Crippen LogP contribution in [-0.4, -0.2) is 76.5 Å². The van der Waals surface area contributed by atoms with Gasteiger partial charge in [-0.05, 0) is 75.0 Å². The van der Waals surface area contributed by atoms with Gasteiger partial charge in [-0.1, -0.05) is 50.2 Å². The van der Waals surface area contributed by atoms with E-state index in [0.717, 1.165) is 50.8 Å². The summed E-state index contributed by atoms with van der Waals surface area (Å²) in [6, 6.07) is 13.7. The summed E-state index contributed by atoms with van der Waals surface area (Å²) in [5, 5.41) is 10.2. The summed E-state index contributed by atoms with van der Waals surface area (Å²) in [5.41, 5.74) is 2.95. The summed E-state index contributed by atoms with van der Waals surface area (Å²) in [7, 11) is 0. The van der Waals surface area contributed by atoms with E-state index in [9.17, 15) is 19.5 Å². The Balaban J connectivity index is 1.15. The monoisotopic (exact) mass is 628 g/mol. The van der Waals surface area contributed by atoms with Crippen molar-refractivity contribution in [1.29, 1.82) is 0 Å². The first kappa shape index (κ1) is 31.4. The number of ether oxygens (including phenoxy) is 2. The van der Waals surface area contributed by atoms with Gasteiger partial charge in [-0.15, -0.1) is 0 Å². The Bertz CT molecular complexity index is 1490. The molecule has 1 spiro atoms. The maximum Gasteiger partial charge on any atom is 0.308 e. The molecule has 3 fully saturated rings. The molecule has 5 aliphatic rings. The second-order valence-corrected chi connectivity index (χ2v) is 14.9. The number of nitrogens with zero attached hydrogens (tertiary/aromatic N) is 2. The van der Waals surface area contributed by atoms with E-state index in [0.29, 0.717) is 67.5 Å². The van der Waals surface area contributed by atoms with Crippen LogP contribution in [0.25, 0.3) is 0 Å². The van der Waals surface area contributed by atoms with Crippen molar-refractivity contribution in [2.24, 2.45) is 17.8 Å². The van der Waals surface area contributed by atoms with Crippen LogP contribution in [0.15, 0.2) is 42.5 Å². The van der Waals surface area contributed by atoms with Crippen molar-refractivity contribution >= 4 is 17.7 Å². The van der Waals surface area contributed by atoms with Crippen LogP contribution in [0.4, 0.5) is 0 Å². The third-order valence-electron chi connectivity index (χ3n) is 11.4. The molecule has 7 atom stereocenters. The number of likely N-dealkylation sites (tertiary alicyclic amines) is 1. The Morgan fingerprint density at radius 3 is 2.57 bits per heavy atom. The topological polar surface area (TPSA) is 96.4 Å². The van der Waals surface area contributed by atoms with Crippen LogP contribution in [0.1, 0.15) is 93.6 Å². The average molecular weight is 629 g/mol. The highest BCUT2D eigenvalue weighted by Gasteiger charge is 2.67. The van der Waals surface area contributed by atoms with E-state index in [1.54, 1.807) is 0 Å². The standard InChI is InChI=1S/C38H48N2O6/c1-23(2)21-40(34(44)12-8-7-11-31(42)25-9-5-4-6-10-25)29-15-14-28-30-19-26-13-16-33(45-24(3)41)36-35(26)38(28,37(29)46-36)17-18-39(30)22-27-20-32(27)43/h4-6,9-10,13,16,23,27-30,32,37,43H,7-8,11-12,14-15,17-22H2,1-3H3/t27?,28-,29-,30+,32?,37-,38-/m0/s1. The van der Waals surface area contributed by atoms with Crippen molar-refractivity contribution in [1.82, 2.24) is 9.80 Å². The van der Waals surface area contributed by atoms with Gasteiger partial charge < -0.3 is 19.5 Å². The quantitative estimate of drug-likeness (QED) is 0.147. The molecule has 0 radical (unpaired) electrons. The van der Waals surface area contributed by atoms with Gasteiger partial charge in [0, 0.05) is 61.4 Å². The van der Waals surface area contributed by atoms with Gasteiger partial charge in [-0.2, -0.15) is 0 Å². The number of esters is 1. The van der Waals surface area contributed by atoms with Crippen molar-refractivity contribution < 1.29 is 29.0 Å². The fourth-order valence-electron chi connectivity index (χ4n) is 9.39. The molecule has 46 heavy (non-hydrogen) atoms. The number of aliphatic hydroxyl groups is 1. The van der Waals surface area contributed by atoms with Crippen LogP contribution in [0.2, 0.25) is 0 Å². The van der Waals surface area contributed by atoms with Crippen LogP contribution < -0.4 is 9.47 Å². The first-order valence-corrected chi connectivity index (χ1v) is 17.5. The van der Waals surface area contributed by atoms with E-state index in [4.69, 9.17) is 9.47 Å². The van der Waals surface area contributed by atoms with Gasteiger partial charge in [0.25, 0.3) is 0 Å². The molecule has 1 saturated heterocycles. The van der Waals surface area contributed by atoms with E-state index in [2.05, 4.69) is 29.7 Å². The normalized spacial score (nSPS) is 30.4. The molecule has 2 aliphatic heterocycles. The summed E-state index contributed by atoms with van der Waals surface area (Å²) < 4.78 is 12.7. The van der Waals surface area contributed by atoms with E-state index >= 15 is 0 Å². The zero-order valence-electron chi connectivity index (χ0n) is 27.5. The Labute approximate surface area is 272 Å². The van der Waals surface area contributed by atoms with Crippen LogP contribution in [0.5, 0.6) is 11.5 Å². The van der Waals surface area contributed by atoms with Crippen LogP contribution >= 0.6 is 0 Å². The molecular formula is C38H48N2O6. The number of Topliss-reactive ketones (excluding diaryl/α,β-unsaturated/α-hetero) is 1. The number of hydrogen-bond acceptors (Lipinski definition) is 7. The molecule has 2 aromatic rings. The lowest BCUT2D eigenvalue weighted by Gasteiger charge is -2.60. The molecule has 246 valence electrons. The third kappa shape index (κ3) is 5.55. The number of piperidine rings is 1. The zero-order valence-corrected chi connectivity index (χ0v) is 27.5. The Kier molecular flexibility index (Phi) is 8.47. The first-order chi connectivity index (χ1) is 22.2. The lowest BCUT2D eigenvalue weighted by Crippen LogP contribution is -2.69. The first-order valence-electron chi connectivity index (χ1n) is 17.5. The zero-order chi connectivity index (χ0) is 32.2.